The molecular weight excluding hydrogens is 265 g/mol. The molecule has 0 aromatic carbocycles. The van der Waals surface area contributed by atoms with Gasteiger partial charge in [0.05, 0.1) is 13.2 Å². The highest BCUT2D eigenvalue weighted by atomic mass is 19.4. The van der Waals surface area contributed by atoms with E-state index in [1.54, 1.807) is 13.8 Å². The van der Waals surface area contributed by atoms with E-state index in [0.717, 1.165) is 0 Å². The average Bonchev–Trinajstić information content (AvgIpc) is 2.28. The molecule has 0 aromatic rings. The molecule has 0 spiro atoms. The quantitative estimate of drug-likeness (QED) is 0.391. The number of ether oxygens (including phenoxy) is 2. The van der Waals surface area contributed by atoms with E-state index in [1.807, 2.05) is 0 Å². The molecule has 0 atom stereocenters. The third-order valence-electron chi connectivity index (χ3n) is 2.28. The first-order valence-corrected chi connectivity index (χ1v) is 6.24. The summed E-state index contributed by atoms with van der Waals surface area (Å²) in [6, 6.07) is 0. The smallest absolute Gasteiger partial charge is 0.412 e. The van der Waals surface area contributed by atoms with Gasteiger partial charge in [0, 0.05) is 0 Å². The minimum atomic E-state index is -4.99. The lowest BCUT2D eigenvalue weighted by Gasteiger charge is -2.17. The van der Waals surface area contributed by atoms with Crippen molar-refractivity contribution in [3.63, 3.8) is 0 Å². The van der Waals surface area contributed by atoms with E-state index in [9.17, 15) is 22.8 Å². The molecule has 0 saturated heterocycles. The van der Waals surface area contributed by atoms with Gasteiger partial charge in [0.1, 0.15) is 0 Å². The van der Waals surface area contributed by atoms with Crippen LogP contribution in [0.25, 0.3) is 0 Å². The topological polar surface area (TPSA) is 52.6 Å². The largest absolute Gasteiger partial charge is 0.465 e. The Morgan fingerprint density at radius 1 is 0.947 bits per heavy atom. The van der Waals surface area contributed by atoms with E-state index in [2.05, 4.69) is 9.47 Å². The molecule has 0 bridgehead atoms. The van der Waals surface area contributed by atoms with Gasteiger partial charge in [-0.3, -0.25) is 9.59 Å². The third-order valence-corrected chi connectivity index (χ3v) is 2.28. The second-order valence-electron chi connectivity index (χ2n) is 4.02. The first kappa shape index (κ1) is 17.7. The van der Waals surface area contributed by atoms with Gasteiger partial charge in [-0.1, -0.05) is 26.7 Å². The number of carbonyl (C=O) groups excluding carboxylic acids is 2. The van der Waals surface area contributed by atoms with Crippen molar-refractivity contribution >= 4 is 11.9 Å². The van der Waals surface area contributed by atoms with Crippen molar-refractivity contribution < 1.29 is 32.2 Å². The first-order valence-electron chi connectivity index (χ1n) is 6.24. The Morgan fingerprint density at radius 3 is 1.58 bits per heavy atom. The van der Waals surface area contributed by atoms with Crippen LogP contribution in [0.1, 0.15) is 39.5 Å². The molecule has 0 N–H and O–H groups in total. The van der Waals surface area contributed by atoms with Crippen LogP contribution in [0.2, 0.25) is 0 Å². The molecule has 19 heavy (non-hydrogen) atoms. The lowest BCUT2D eigenvalue weighted by molar-refractivity contribution is -0.208. The molecule has 0 aliphatic carbocycles. The molecule has 0 unspecified atom stereocenters. The Kier molecular flexibility index (Phi) is 8.18. The van der Waals surface area contributed by atoms with Crippen LogP contribution in [-0.2, 0) is 19.1 Å². The van der Waals surface area contributed by atoms with Gasteiger partial charge < -0.3 is 9.47 Å². The molecule has 0 aromatic heterocycles. The fourth-order valence-electron chi connectivity index (χ4n) is 1.16. The molecule has 7 heteroatoms. The second-order valence-corrected chi connectivity index (χ2v) is 4.02. The van der Waals surface area contributed by atoms with Crippen molar-refractivity contribution in [1.82, 2.24) is 0 Å². The van der Waals surface area contributed by atoms with Gasteiger partial charge >= 0.3 is 18.1 Å². The molecule has 0 heterocycles. The van der Waals surface area contributed by atoms with Gasteiger partial charge in [0.15, 0.2) is 0 Å². The highest BCUT2D eigenvalue weighted by Crippen LogP contribution is 2.28. The maximum atomic E-state index is 12.6. The molecule has 0 radical (unpaired) electrons. The summed E-state index contributed by atoms with van der Waals surface area (Å²) in [5, 5.41) is 0. The maximum Gasteiger partial charge on any atom is 0.412 e. The number of hydrogen-bond donors (Lipinski definition) is 0. The molecule has 0 amide bonds. The zero-order valence-corrected chi connectivity index (χ0v) is 11.1. The van der Waals surface area contributed by atoms with E-state index in [1.165, 1.54) is 0 Å². The maximum absolute atomic E-state index is 12.6. The van der Waals surface area contributed by atoms with Crippen molar-refractivity contribution in [1.29, 1.82) is 0 Å². The van der Waals surface area contributed by atoms with Crippen LogP contribution >= 0.6 is 0 Å². The van der Waals surface area contributed by atoms with Crippen molar-refractivity contribution in [3.8, 4) is 0 Å². The SMILES string of the molecule is CCCCOC(=O)C(C(=O)OCCCC)C(F)(F)F. The predicted molar refractivity (Wildman–Crippen MR) is 61.3 cm³/mol. The molecule has 0 rings (SSSR count). The summed E-state index contributed by atoms with van der Waals surface area (Å²) in [6.07, 6.45) is -2.76. The summed E-state index contributed by atoms with van der Waals surface area (Å²) in [7, 11) is 0. The lowest BCUT2D eigenvalue weighted by Crippen LogP contribution is -2.40. The lowest BCUT2D eigenvalue weighted by atomic mass is 10.1. The minimum Gasteiger partial charge on any atom is -0.465 e. The van der Waals surface area contributed by atoms with Crippen LogP contribution in [-0.4, -0.2) is 31.3 Å². The predicted octanol–water partition coefficient (Wildman–Crippen LogP) is 2.85. The Bertz CT molecular complexity index is 267. The van der Waals surface area contributed by atoms with Crippen LogP contribution in [0.4, 0.5) is 13.2 Å². The van der Waals surface area contributed by atoms with Gasteiger partial charge in [0.25, 0.3) is 0 Å². The van der Waals surface area contributed by atoms with Crippen molar-refractivity contribution in [2.24, 2.45) is 5.92 Å². The summed E-state index contributed by atoms with van der Waals surface area (Å²) in [6.45, 7) is 3.33. The fraction of sp³-hybridized carbons (Fsp3) is 0.833. The van der Waals surface area contributed by atoms with E-state index in [4.69, 9.17) is 0 Å². The summed E-state index contributed by atoms with van der Waals surface area (Å²) in [4.78, 5) is 22.6. The highest BCUT2D eigenvalue weighted by molar-refractivity contribution is 5.95. The van der Waals surface area contributed by atoms with Gasteiger partial charge in [-0.05, 0) is 12.8 Å². The molecule has 0 aliphatic rings. The fourth-order valence-corrected chi connectivity index (χ4v) is 1.16. The number of carbonyl (C=O) groups is 2. The minimum absolute atomic E-state index is 0.135. The van der Waals surface area contributed by atoms with Crippen LogP contribution in [0, 0.1) is 5.92 Å². The van der Waals surface area contributed by atoms with Gasteiger partial charge in [-0.15, -0.1) is 0 Å². The standard InChI is InChI=1S/C12H19F3O4/c1-3-5-7-18-10(16)9(12(13,14)15)11(17)19-8-6-4-2/h9H,3-8H2,1-2H3. The van der Waals surface area contributed by atoms with E-state index >= 15 is 0 Å². The Labute approximate surface area is 110 Å². The van der Waals surface area contributed by atoms with Crippen molar-refractivity contribution in [3.05, 3.63) is 0 Å². The van der Waals surface area contributed by atoms with Gasteiger partial charge in [-0.25, -0.2) is 0 Å². The number of halogens is 3. The number of rotatable bonds is 8. The first-order chi connectivity index (χ1) is 8.84. The summed E-state index contributed by atoms with van der Waals surface area (Å²) >= 11 is 0. The average molecular weight is 284 g/mol. The van der Waals surface area contributed by atoms with Crippen molar-refractivity contribution in [2.45, 2.75) is 45.7 Å². The normalized spacial score (nSPS) is 11.5. The van der Waals surface area contributed by atoms with E-state index in [0.29, 0.717) is 25.7 Å². The molecular formula is C12H19F3O4. The third kappa shape index (κ3) is 7.03. The Balaban J connectivity index is 4.54. The Hall–Kier alpha value is -1.27. The zero-order valence-electron chi connectivity index (χ0n) is 11.1. The zero-order chi connectivity index (χ0) is 14.9. The molecule has 4 nitrogen and oxygen atoms in total. The monoisotopic (exact) mass is 284 g/mol. The van der Waals surface area contributed by atoms with Crippen LogP contribution in [0.15, 0.2) is 0 Å². The van der Waals surface area contributed by atoms with E-state index in [-0.39, 0.29) is 13.2 Å². The molecule has 0 aliphatic heterocycles. The Morgan fingerprint density at radius 2 is 1.32 bits per heavy atom. The van der Waals surface area contributed by atoms with Gasteiger partial charge in [0.2, 0.25) is 5.92 Å². The summed E-state index contributed by atoms with van der Waals surface area (Å²) in [5.41, 5.74) is 0. The molecule has 112 valence electrons. The molecule has 0 saturated carbocycles. The number of esters is 2. The summed E-state index contributed by atoms with van der Waals surface area (Å²) < 4.78 is 46.8. The van der Waals surface area contributed by atoms with Crippen LogP contribution in [0.5, 0.6) is 0 Å². The summed E-state index contributed by atoms with van der Waals surface area (Å²) in [5.74, 6) is -6.04. The molecule has 0 fully saturated rings. The second kappa shape index (κ2) is 8.77. The van der Waals surface area contributed by atoms with Crippen LogP contribution in [0.3, 0.4) is 0 Å². The highest BCUT2D eigenvalue weighted by Gasteiger charge is 2.52. The number of hydrogen-bond acceptors (Lipinski definition) is 4. The number of unbranched alkanes of at least 4 members (excludes halogenated alkanes) is 2. The van der Waals surface area contributed by atoms with E-state index < -0.39 is 24.0 Å². The van der Waals surface area contributed by atoms with Gasteiger partial charge in [-0.2, -0.15) is 13.2 Å². The van der Waals surface area contributed by atoms with Crippen molar-refractivity contribution in [2.75, 3.05) is 13.2 Å². The van der Waals surface area contributed by atoms with Crippen LogP contribution < -0.4 is 0 Å². The number of alkyl halides is 3.